The first-order valence-corrected chi connectivity index (χ1v) is 8.23. The summed E-state index contributed by atoms with van der Waals surface area (Å²) in [4.78, 5) is 4.03. The van der Waals surface area contributed by atoms with Crippen molar-refractivity contribution < 1.29 is 21.7 Å². The van der Waals surface area contributed by atoms with Gasteiger partial charge in [0.1, 0.15) is 17.4 Å². The highest BCUT2D eigenvalue weighted by Crippen LogP contribution is 2.54. The molecule has 1 aromatic carbocycles. The van der Waals surface area contributed by atoms with Crippen molar-refractivity contribution in [3.63, 3.8) is 0 Å². The fourth-order valence-corrected chi connectivity index (χ4v) is 2.93. The molecule has 1 aliphatic carbocycles. The first kappa shape index (κ1) is 15.0. The molecule has 118 valence electrons. The number of hydrogen-bond donors (Lipinski definition) is 1. The number of rotatable bonds is 5. The van der Waals surface area contributed by atoms with Crippen LogP contribution in [0.1, 0.15) is 35.5 Å². The second-order valence-electron chi connectivity index (χ2n) is 5.13. The second kappa shape index (κ2) is 5.40. The quantitative estimate of drug-likeness (QED) is 0.902. The summed E-state index contributed by atoms with van der Waals surface area (Å²) < 4.78 is 56.6. The molecule has 1 fully saturated rings. The lowest BCUT2D eigenvalue weighted by Gasteiger charge is -2.00. The zero-order valence-corrected chi connectivity index (χ0v) is 12.4. The van der Waals surface area contributed by atoms with E-state index in [-0.39, 0.29) is 29.3 Å². The molecule has 0 amide bonds. The highest BCUT2D eigenvalue weighted by molar-refractivity contribution is 7.88. The van der Waals surface area contributed by atoms with Crippen LogP contribution in [0.5, 0.6) is 0 Å². The van der Waals surface area contributed by atoms with E-state index in [2.05, 4.69) is 14.9 Å². The summed E-state index contributed by atoms with van der Waals surface area (Å²) in [5.74, 6) is -1.62. The topological polar surface area (TPSA) is 85.1 Å². The van der Waals surface area contributed by atoms with Gasteiger partial charge in [-0.1, -0.05) is 11.2 Å². The van der Waals surface area contributed by atoms with Gasteiger partial charge in [-0.3, -0.25) is 0 Å². The summed E-state index contributed by atoms with van der Waals surface area (Å²) in [5, 5.41) is 3.62. The largest absolute Gasteiger partial charge is 0.339 e. The summed E-state index contributed by atoms with van der Waals surface area (Å²) in [6, 6.07) is 3.44. The van der Waals surface area contributed by atoms with Crippen molar-refractivity contribution in [3.8, 4) is 0 Å². The van der Waals surface area contributed by atoms with Gasteiger partial charge < -0.3 is 4.52 Å². The lowest BCUT2D eigenvalue weighted by molar-refractivity contribution is 0.373. The zero-order valence-electron chi connectivity index (χ0n) is 11.6. The Kier molecular flexibility index (Phi) is 3.69. The van der Waals surface area contributed by atoms with Gasteiger partial charge in [0.2, 0.25) is 15.9 Å². The normalized spacial score (nSPS) is 21.0. The third kappa shape index (κ3) is 3.00. The van der Waals surface area contributed by atoms with Gasteiger partial charge in [0.15, 0.2) is 5.82 Å². The summed E-state index contributed by atoms with van der Waals surface area (Å²) in [6.45, 7) is 0. The van der Waals surface area contributed by atoms with Crippen LogP contribution in [0.3, 0.4) is 0 Å². The molecule has 3 rings (SSSR count). The minimum atomic E-state index is -3.48. The average molecular weight is 329 g/mol. The van der Waals surface area contributed by atoms with E-state index >= 15 is 0 Å². The van der Waals surface area contributed by atoms with Crippen LogP contribution in [0.25, 0.3) is 0 Å². The number of nitrogens with zero attached hydrogens (tertiary/aromatic N) is 2. The fourth-order valence-electron chi connectivity index (χ4n) is 2.33. The van der Waals surface area contributed by atoms with Crippen LogP contribution in [-0.4, -0.2) is 25.6 Å². The van der Waals surface area contributed by atoms with Crippen molar-refractivity contribution in [3.05, 3.63) is 47.1 Å². The maximum absolute atomic E-state index is 13.7. The molecule has 1 aromatic heterocycles. The Bertz CT molecular complexity index is 807. The van der Waals surface area contributed by atoms with Crippen LogP contribution in [0.4, 0.5) is 8.78 Å². The average Bonchev–Trinajstić information content (AvgIpc) is 3.11. The van der Waals surface area contributed by atoms with Crippen molar-refractivity contribution in [1.82, 2.24) is 14.9 Å². The fraction of sp³-hybridized carbons (Fsp3) is 0.385. The van der Waals surface area contributed by atoms with E-state index in [9.17, 15) is 17.2 Å². The molecule has 0 aliphatic heterocycles. The Morgan fingerprint density at radius 1 is 1.36 bits per heavy atom. The number of sulfonamides is 1. The molecule has 22 heavy (non-hydrogen) atoms. The SMILES string of the molecule is CNS(=O)(=O)Cc1noc([C@@H]2C[C@H]2c2ccc(F)cc2F)n1. The number of nitrogens with one attached hydrogen (secondary N) is 1. The minimum Gasteiger partial charge on any atom is -0.339 e. The molecular weight excluding hydrogens is 316 g/mol. The van der Waals surface area contributed by atoms with Crippen molar-refractivity contribution in [2.45, 2.75) is 24.0 Å². The van der Waals surface area contributed by atoms with E-state index in [0.29, 0.717) is 12.0 Å². The van der Waals surface area contributed by atoms with Crippen LogP contribution in [0.15, 0.2) is 22.7 Å². The maximum Gasteiger partial charge on any atom is 0.230 e. The van der Waals surface area contributed by atoms with Crippen LogP contribution in [-0.2, 0) is 15.8 Å². The van der Waals surface area contributed by atoms with Crippen LogP contribution < -0.4 is 4.72 Å². The molecule has 1 heterocycles. The van der Waals surface area contributed by atoms with Gasteiger partial charge >= 0.3 is 0 Å². The van der Waals surface area contributed by atoms with E-state index in [1.54, 1.807) is 0 Å². The van der Waals surface area contributed by atoms with Gasteiger partial charge in [0, 0.05) is 12.0 Å². The van der Waals surface area contributed by atoms with Crippen molar-refractivity contribution in [2.75, 3.05) is 7.05 Å². The number of halogens is 2. The molecule has 1 saturated carbocycles. The minimum absolute atomic E-state index is 0.0505. The highest BCUT2D eigenvalue weighted by Gasteiger charge is 2.45. The van der Waals surface area contributed by atoms with Gasteiger partial charge in [-0.15, -0.1) is 0 Å². The second-order valence-corrected chi connectivity index (χ2v) is 7.05. The smallest absolute Gasteiger partial charge is 0.230 e. The van der Waals surface area contributed by atoms with Crippen molar-refractivity contribution in [2.24, 2.45) is 0 Å². The molecule has 0 radical (unpaired) electrons. The monoisotopic (exact) mass is 329 g/mol. The van der Waals surface area contributed by atoms with Crippen molar-refractivity contribution in [1.29, 1.82) is 0 Å². The molecule has 1 aliphatic rings. The van der Waals surface area contributed by atoms with Crippen LogP contribution >= 0.6 is 0 Å². The first-order chi connectivity index (χ1) is 10.4. The number of hydrogen-bond acceptors (Lipinski definition) is 5. The van der Waals surface area contributed by atoms with Crippen LogP contribution in [0, 0.1) is 11.6 Å². The van der Waals surface area contributed by atoms with Crippen LogP contribution in [0.2, 0.25) is 0 Å². The molecular formula is C13H13F2N3O3S. The lowest BCUT2D eigenvalue weighted by atomic mass is 10.1. The van der Waals surface area contributed by atoms with E-state index in [1.807, 2.05) is 0 Å². The van der Waals surface area contributed by atoms with Gasteiger partial charge in [0.25, 0.3) is 0 Å². The van der Waals surface area contributed by atoms with E-state index in [1.165, 1.54) is 19.2 Å². The molecule has 0 spiro atoms. The lowest BCUT2D eigenvalue weighted by Crippen LogP contribution is -2.20. The van der Waals surface area contributed by atoms with E-state index in [0.717, 1.165) is 6.07 Å². The molecule has 0 unspecified atom stereocenters. The summed E-state index contributed by atoms with van der Waals surface area (Å²) in [6.07, 6.45) is 0.600. The molecule has 2 atom stereocenters. The predicted molar refractivity (Wildman–Crippen MR) is 72.4 cm³/mol. The molecule has 0 bridgehead atoms. The van der Waals surface area contributed by atoms with Gasteiger partial charge in [-0.25, -0.2) is 21.9 Å². The van der Waals surface area contributed by atoms with Crippen molar-refractivity contribution >= 4 is 10.0 Å². The zero-order chi connectivity index (χ0) is 15.9. The third-order valence-corrected chi connectivity index (χ3v) is 4.84. The predicted octanol–water partition coefficient (Wildman–Crippen LogP) is 1.67. The first-order valence-electron chi connectivity index (χ1n) is 6.58. The van der Waals surface area contributed by atoms with E-state index in [4.69, 9.17) is 4.52 Å². The van der Waals surface area contributed by atoms with E-state index < -0.39 is 21.7 Å². The highest BCUT2D eigenvalue weighted by atomic mass is 32.2. The number of benzene rings is 1. The Balaban J connectivity index is 1.74. The molecule has 9 heteroatoms. The molecule has 6 nitrogen and oxygen atoms in total. The third-order valence-electron chi connectivity index (χ3n) is 3.58. The number of aromatic nitrogens is 2. The summed E-state index contributed by atoms with van der Waals surface area (Å²) in [7, 11) is -2.18. The Morgan fingerprint density at radius 3 is 2.82 bits per heavy atom. The molecule has 0 saturated heterocycles. The Morgan fingerprint density at radius 2 is 2.14 bits per heavy atom. The standard InChI is InChI=1S/C13H13F2N3O3S/c1-16-22(19,20)6-12-17-13(21-18-12)10-5-9(10)8-3-2-7(14)4-11(8)15/h2-4,9-10,16H,5-6H2,1H3/t9-,10+/m0/s1. The van der Waals surface area contributed by atoms with Gasteiger partial charge in [-0.2, -0.15) is 4.98 Å². The summed E-state index contributed by atoms with van der Waals surface area (Å²) in [5.41, 5.74) is 0.397. The summed E-state index contributed by atoms with van der Waals surface area (Å²) >= 11 is 0. The Hall–Kier alpha value is -1.87. The van der Waals surface area contributed by atoms with Gasteiger partial charge in [0.05, 0.1) is 0 Å². The molecule has 1 N–H and O–H groups in total. The maximum atomic E-state index is 13.7. The molecule has 2 aromatic rings. The van der Waals surface area contributed by atoms with Gasteiger partial charge in [-0.05, 0) is 31.0 Å². The Labute approximate surface area is 125 Å².